The molecule has 0 saturated carbocycles. The molecule has 2 heterocycles. The smallest absolute Gasteiger partial charge is 0.340 e. The molecule has 0 saturated heterocycles. The SMILES string of the molecule is COC(=O)c1cc(-c2ccc3ccccc3c2)n(-n2c(-c3ccccc3)cc(C(=O)OCc3ccccc3)c2C)c1C. The molecular formula is C36H30N2O4. The van der Waals surface area contributed by atoms with Crippen LogP contribution in [-0.2, 0) is 16.1 Å². The molecule has 208 valence electrons. The lowest BCUT2D eigenvalue weighted by Gasteiger charge is -2.20. The predicted molar refractivity (Wildman–Crippen MR) is 164 cm³/mol. The fraction of sp³-hybridized carbons (Fsp3) is 0.111. The van der Waals surface area contributed by atoms with Crippen LogP contribution in [0.5, 0.6) is 0 Å². The minimum Gasteiger partial charge on any atom is -0.465 e. The molecule has 0 fully saturated rings. The number of hydrogen-bond donors (Lipinski definition) is 0. The molecule has 4 aromatic carbocycles. The Bertz CT molecular complexity index is 1920. The summed E-state index contributed by atoms with van der Waals surface area (Å²) >= 11 is 0. The summed E-state index contributed by atoms with van der Waals surface area (Å²) in [7, 11) is 1.38. The monoisotopic (exact) mass is 554 g/mol. The van der Waals surface area contributed by atoms with Gasteiger partial charge in [0, 0.05) is 11.1 Å². The Balaban J connectivity index is 1.56. The molecule has 0 spiro atoms. The van der Waals surface area contributed by atoms with Gasteiger partial charge in [0.15, 0.2) is 0 Å². The zero-order valence-corrected chi connectivity index (χ0v) is 23.7. The summed E-state index contributed by atoms with van der Waals surface area (Å²) in [5.74, 6) is -0.848. The van der Waals surface area contributed by atoms with E-state index in [1.54, 1.807) is 0 Å². The summed E-state index contributed by atoms with van der Waals surface area (Å²) in [6.07, 6.45) is 0. The van der Waals surface area contributed by atoms with Crippen molar-refractivity contribution in [2.45, 2.75) is 20.5 Å². The van der Waals surface area contributed by atoms with E-state index in [0.29, 0.717) is 22.5 Å². The number of carbonyl (C=O) groups is 2. The average Bonchev–Trinajstić information content (AvgIpc) is 3.56. The van der Waals surface area contributed by atoms with Crippen LogP contribution in [0.25, 0.3) is 33.3 Å². The van der Waals surface area contributed by atoms with E-state index < -0.39 is 11.9 Å². The number of nitrogens with zero attached hydrogens (tertiary/aromatic N) is 2. The van der Waals surface area contributed by atoms with Crippen molar-refractivity contribution in [3.8, 4) is 22.5 Å². The van der Waals surface area contributed by atoms with Crippen molar-refractivity contribution in [1.82, 2.24) is 9.35 Å². The van der Waals surface area contributed by atoms with Gasteiger partial charge in [0.05, 0.1) is 41.0 Å². The first-order chi connectivity index (χ1) is 20.5. The summed E-state index contributed by atoms with van der Waals surface area (Å²) in [6.45, 7) is 3.95. The molecule has 0 aliphatic carbocycles. The van der Waals surface area contributed by atoms with Gasteiger partial charge < -0.3 is 9.47 Å². The standard InChI is InChI=1S/C36H30N2O4/c1-24-31(35(39)41-3)21-34(30-19-18-27-14-10-11-17-29(27)20-30)38(24)37-25(2)32(22-33(37)28-15-8-5-9-16-28)36(40)42-23-26-12-6-4-7-13-26/h4-22H,23H2,1-3H3. The maximum absolute atomic E-state index is 13.5. The Morgan fingerprint density at radius 3 is 1.79 bits per heavy atom. The van der Waals surface area contributed by atoms with Crippen molar-refractivity contribution in [3.05, 3.63) is 143 Å². The Hall–Kier alpha value is -5.36. The molecular weight excluding hydrogens is 524 g/mol. The molecule has 2 aromatic heterocycles. The Morgan fingerprint density at radius 1 is 0.595 bits per heavy atom. The number of fused-ring (bicyclic) bond motifs is 1. The van der Waals surface area contributed by atoms with Crippen LogP contribution in [0.2, 0.25) is 0 Å². The van der Waals surface area contributed by atoms with Crippen molar-refractivity contribution in [2.24, 2.45) is 0 Å². The highest BCUT2D eigenvalue weighted by molar-refractivity contribution is 5.95. The van der Waals surface area contributed by atoms with E-state index in [4.69, 9.17) is 9.47 Å². The number of aromatic nitrogens is 2. The quantitative estimate of drug-likeness (QED) is 0.189. The van der Waals surface area contributed by atoms with Gasteiger partial charge in [-0.2, -0.15) is 0 Å². The van der Waals surface area contributed by atoms with E-state index in [-0.39, 0.29) is 6.61 Å². The third kappa shape index (κ3) is 4.88. The molecule has 0 atom stereocenters. The van der Waals surface area contributed by atoms with Crippen molar-refractivity contribution in [3.63, 3.8) is 0 Å². The van der Waals surface area contributed by atoms with E-state index in [1.165, 1.54) is 7.11 Å². The average molecular weight is 555 g/mol. The van der Waals surface area contributed by atoms with Crippen molar-refractivity contribution in [2.75, 3.05) is 7.11 Å². The van der Waals surface area contributed by atoms with E-state index in [0.717, 1.165) is 38.9 Å². The fourth-order valence-electron chi connectivity index (χ4n) is 5.40. The highest BCUT2D eigenvalue weighted by Gasteiger charge is 2.26. The molecule has 0 aliphatic rings. The second-order valence-electron chi connectivity index (χ2n) is 10.2. The van der Waals surface area contributed by atoms with Gasteiger partial charge in [-0.05, 0) is 48.4 Å². The minimum absolute atomic E-state index is 0.169. The molecule has 0 bridgehead atoms. The van der Waals surface area contributed by atoms with Gasteiger partial charge in [-0.1, -0.05) is 97.1 Å². The lowest BCUT2D eigenvalue weighted by molar-refractivity contribution is 0.0471. The first-order valence-electron chi connectivity index (χ1n) is 13.8. The Kier molecular flexibility index (Phi) is 7.19. The number of benzene rings is 4. The van der Waals surface area contributed by atoms with E-state index in [1.807, 2.05) is 114 Å². The Labute approximate surface area is 244 Å². The van der Waals surface area contributed by atoms with Crippen molar-refractivity contribution < 1.29 is 19.1 Å². The second kappa shape index (κ2) is 11.3. The molecule has 6 heteroatoms. The van der Waals surface area contributed by atoms with Gasteiger partial charge in [-0.3, -0.25) is 9.35 Å². The molecule has 0 N–H and O–H groups in total. The normalized spacial score (nSPS) is 11.0. The first-order valence-corrected chi connectivity index (χ1v) is 13.8. The maximum atomic E-state index is 13.5. The molecule has 0 amide bonds. The van der Waals surface area contributed by atoms with Gasteiger partial charge in [0.2, 0.25) is 0 Å². The zero-order valence-electron chi connectivity index (χ0n) is 23.7. The lowest BCUT2D eigenvalue weighted by atomic mass is 10.0. The summed E-state index contributed by atoms with van der Waals surface area (Å²) in [5.41, 5.74) is 6.59. The molecule has 0 unspecified atom stereocenters. The van der Waals surface area contributed by atoms with E-state index >= 15 is 0 Å². The van der Waals surface area contributed by atoms with Crippen LogP contribution in [0.1, 0.15) is 37.7 Å². The number of rotatable bonds is 7. The second-order valence-corrected chi connectivity index (χ2v) is 10.2. The number of carbonyl (C=O) groups excluding carboxylic acids is 2. The van der Waals surface area contributed by atoms with Crippen LogP contribution in [0.3, 0.4) is 0 Å². The molecule has 6 nitrogen and oxygen atoms in total. The Morgan fingerprint density at radius 2 is 1.14 bits per heavy atom. The van der Waals surface area contributed by atoms with Crippen molar-refractivity contribution >= 4 is 22.7 Å². The van der Waals surface area contributed by atoms with Gasteiger partial charge in [0.25, 0.3) is 0 Å². The number of ether oxygens (including phenoxy) is 2. The molecule has 42 heavy (non-hydrogen) atoms. The largest absolute Gasteiger partial charge is 0.465 e. The number of methoxy groups -OCH3 is 1. The van der Waals surface area contributed by atoms with Crippen molar-refractivity contribution in [1.29, 1.82) is 0 Å². The molecule has 6 rings (SSSR count). The van der Waals surface area contributed by atoms with Crippen LogP contribution < -0.4 is 0 Å². The highest BCUT2D eigenvalue weighted by Crippen LogP contribution is 2.34. The molecule has 0 aliphatic heterocycles. The van der Waals surface area contributed by atoms with Gasteiger partial charge in [0.1, 0.15) is 6.61 Å². The van der Waals surface area contributed by atoms with Crippen LogP contribution in [0, 0.1) is 13.8 Å². The topological polar surface area (TPSA) is 62.5 Å². The highest BCUT2D eigenvalue weighted by atomic mass is 16.5. The van der Waals surface area contributed by atoms with Crippen LogP contribution in [-0.4, -0.2) is 28.4 Å². The summed E-state index contributed by atoms with van der Waals surface area (Å²) in [6, 6.07) is 37.6. The van der Waals surface area contributed by atoms with Crippen LogP contribution in [0.15, 0.2) is 115 Å². The van der Waals surface area contributed by atoms with Gasteiger partial charge >= 0.3 is 11.9 Å². The summed E-state index contributed by atoms with van der Waals surface area (Å²) in [5, 5.41) is 2.20. The predicted octanol–water partition coefficient (Wildman–Crippen LogP) is 7.85. The number of hydrogen-bond acceptors (Lipinski definition) is 4. The first kappa shape index (κ1) is 26.8. The third-order valence-electron chi connectivity index (χ3n) is 7.59. The maximum Gasteiger partial charge on any atom is 0.340 e. The van der Waals surface area contributed by atoms with E-state index in [9.17, 15) is 9.59 Å². The lowest BCUT2D eigenvalue weighted by Crippen LogP contribution is -2.17. The minimum atomic E-state index is -0.429. The fourth-order valence-corrected chi connectivity index (χ4v) is 5.40. The third-order valence-corrected chi connectivity index (χ3v) is 7.59. The summed E-state index contributed by atoms with van der Waals surface area (Å²) in [4.78, 5) is 26.4. The molecule has 6 aromatic rings. The van der Waals surface area contributed by atoms with Gasteiger partial charge in [-0.15, -0.1) is 0 Å². The summed E-state index contributed by atoms with van der Waals surface area (Å²) < 4.78 is 14.9. The van der Waals surface area contributed by atoms with Gasteiger partial charge in [-0.25, -0.2) is 9.59 Å². The van der Waals surface area contributed by atoms with Crippen LogP contribution in [0.4, 0.5) is 0 Å². The molecule has 0 radical (unpaired) electrons. The number of esters is 2. The van der Waals surface area contributed by atoms with E-state index in [2.05, 4.69) is 24.3 Å². The van der Waals surface area contributed by atoms with Crippen LogP contribution >= 0.6 is 0 Å². The zero-order chi connectivity index (χ0) is 29.2.